The van der Waals surface area contributed by atoms with Crippen LogP contribution in [0.3, 0.4) is 0 Å². The molecule has 1 fully saturated rings. The molecule has 2 aromatic rings. The molecule has 1 aliphatic heterocycles. The van der Waals surface area contributed by atoms with Crippen molar-refractivity contribution in [3.8, 4) is 5.75 Å². The van der Waals surface area contributed by atoms with Gasteiger partial charge < -0.3 is 29.0 Å². The molecule has 0 bridgehead atoms. The monoisotopic (exact) mass is 430 g/mol. The molecule has 8 nitrogen and oxygen atoms in total. The molecule has 0 atom stereocenters. The van der Waals surface area contributed by atoms with Crippen LogP contribution in [0.2, 0.25) is 0 Å². The number of ether oxygens (including phenoxy) is 3. The highest BCUT2D eigenvalue weighted by Gasteiger charge is 2.29. The Bertz CT molecular complexity index is 899. The average Bonchev–Trinajstić information content (AvgIpc) is 3.10. The number of piperazine rings is 1. The van der Waals surface area contributed by atoms with E-state index < -0.39 is 11.9 Å². The number of quaternary nitrogens is 1. The summed E-state index contributed by atoms with van der Waals surface area (Å²) in [5, 5.41) is 0. The van der Waals surface area contributed by atoms with Crippen molar-refractivity contribution in [1.82, 2.24) is 4.98 Å². The van der Waals surface area contributed by atoms with Gasteiger partial charge in [0.25, 0.3) is 0 Å². The first-order valence-electron chi connectivity index (χ1n) is 10.8. The van der Waals surface area contributed by atoms with Gasteiger partial charge in [-0.25, -0.2) is 9.59 Å². The summed E-state index contributed by atoms with van der Waals surface area (Å²) in [7, 11) is 1.66. The molecule has 2 N–H and O–H groups in total. The lowest BCUT2D eigenvalue weighted by Crippen LogP contribution is -3.13. The summed E-state index contributed by atoms with van der Waals surface area (Å²) in [6.07, 6.45) is 0. The maximum atomic E-state index is 12.6. The summed E-state index contributed by atoms with van der Waals surface area (Å²) in [6, 6.07) is 8.09. The molecule has 1 aliphatic rings. The molecule has 31 heavy (non-hydrogen) atoms. The molecule has 0 amide bonds. The number of benzene rings is 1. The summed E-state index contributed by atoms with van der Waals surface area (Å²) in [5.74, 6) is -0.00628. The Kier molecular flexibility index (Phi) is 7.57. The fraction of sp³-hybridized carbons (Fsp3) is 0.478. The summed E-state index contributed by atoms with van der Waals surface area (Å²) >= 11 is 0. The van der Waals surface area contributed by atoms with E-state index in [0.29, 0.717) is 23.4 Å². The minimum Gasteiger partial charge on any atom is -0.497 e. The summed E-state index contributed by atoms with van der Waals surface area (Å²) in [4.78, 5) is 31.7. The van der Waals surface area contributed by atoms with E-state index in [-0.39, 0.29) is 13.2 Å². The first-order valence-corrected chi connectivity index (χ1v) is 10.8. The normalized spacial score (nSPS) is 14.4. The Morgan fingerprint density at radius 2 is 1.65 bits per heavy atom. The second-order valence-electron chi connectivity index (χ2n) is 7.53. The van der Waals surface area contributed by atoms with Crippen LogP contribution in [0, 0.1) is 6.92 Å². The molecular weight excluding hydrogens is 398 g/mol. The SMILES string of the molecule is CCOC(=O)c1[nH]c(C[NH+]2CCN(c3ccc(OC)cc3)CC2)c(C(=O)OCC)c1C. The maximum absolute atomic E-state index is 12.6. The van der Waals surface area contributed by atoms with Crippen LogP contribution in [0.15, 0.2) is 24.3 Å². The molecular formula is C23H32N3O5+. The van der Waals surface area contributed by atoms with Gasteiger partial charge in [-0.3, -0.25) is 0 Å². The van der Waals surface area contributed by atoms with Crippen molar-refractivity contribution in [2.24, 2.45) is 0 Å². The number of methoxy groups -OCH3 is 1. The van der Waals surface area contributed by atoms with Crippen LogP contribution in [0.25, 0.3) is 0 Å². The maximum Gasteiger partial charge on any atom is 0.355 e. The van der Waals surface area contributed by atoms with Crippen molar-refractivity contribution in [3.05, 3.63) is 46.8 Å². The van der Waals surface area contributed by atoms with Crippen molar-refractivity contribution < 1.29 is 28.7 Å². The molecule has 0 saturated carbocycles. The fourth-order valence-electron chi connectivity index (χ4n) is 3.98. The third kappa shape index (κ3) is 5.19. The first kappa shape index (κ1) is 22.7. The van der Waals surface area contributed by atoms with E-state index >= 15 is 0 Å². The zero-order valence-electron chi connectivity index (χ0n) is 18.7. The minimum absolute atomic E-state index is 0.278. The quantitative estimate of drug-likeness (QED) is 0.619. The van der Waals surface area contributed by atoms with Crippen LogP contribution in [0.4, 0.5) is 5.69 Å². The Morgan fingerprint density at radius 1 is 1.03 bits per heavy atom. The van der Waals surface area contributed by atoms with E-state index in [2.05, 4.69) is 22.0 Å². The van der Waals surface area contributed by atoms with Gasteiger partial charge in [-0.1, -0.05) is 0 Å². The second-order valence-corrected chi connectivity index (χ2v) is 7.53. The smallest absolute Gasteiger partial charge is 0.355 e. The molecule has 3 rings (SSSR count). The minimum atomic E-state index is -0.448. The number of nitrogens with one attached hydrogen (secondary N) is 2. The predicted octanol–water partition coefficient (Wildman–Crippen LogP) is 1.59. The lowest BCUT2D eigenvalue weighted by molar-refractivity contribution is -0.914. The van der Waals surface area contributed by atoms with Crippen LogP contribution >= 0.6 is 0 Å². The highest BCUT2D eigenvalue weighted by molar-refractivity contribution is 5.98. The zero-order valence-corrected chi connectivity index (χ0v) is 18.7. The van der Waals surface area contributed by atoms with Gasteiger partial charge in [0.1, 0.15) is 18.0 Å². The Morgan fingerprint density at radius 3 is 2.23 bits per heavy atom. The van der Waals surface area contributed by atoms with Gasteiger partial charge in [-0.15, -0.1) is 0 Å². The number of carbonyl (C=O) groups is 2. The van der Waals surface area contributed by atoms with Gasteiger partial charge in [0.15, 0.2) is 0 Å². The predicted molar refractivity (Wildman–Crippen MR) is 117 cm³/mol. The molecule has 168 valence electrons. The van der Waals surface area contributed by atoms with Gasteiger partial charge in [-0.2, -0.15) is 0 Å². The van der Waals surface area contributed by atoms with Gasteiger partial charge in [-0.05, 0) is 50.6 Å². The number of nitrogens with zero attached hydrogens (tertiary/aromatic N) is 1. The van der Waals surface area contributed by atoms with Crippen molar-refractivity contribution in [1.29, 1.82) is 0 Å². The number of aromatic amines is 1. The topological polar surface area (TPSA) is 85.3 Å². The van der Waals surface area contributed by atoms with E-state index in [1.807, 2.05) is 12.1 Å². The highest BCUT2D eigenvalue weighted by Crippen LogP contribution is 2.21. The van der Waals surface area contributed by atoms with Crippen LogP contribution in [0.1, 0.15) is 46.0 Å². The standard InChI is InChI=1S/C23H31N3O5/c1-5-30-22(27)20-16(3)21(23(28)31-6-2)24-19(20)15-25-11-13-26(14-12-25)17-7-9-18(29-4)10-8-17/h7-10,24H,5-6,11-15H2,1-4H3/p+1. The Balaban J connectivity index is 1.72. The van der Waals surface area contributed by atoms with E-state index in [4.69, 9.17) is 14.2 Å². The number of rotatable bonds is 8. The lowest BCUT2D eigenvalue weighted by Gasteiger charge is -2.33. The Labute approximate surface area is 183 Å². The first-order chi connectivity index (χ1) is 15.0. The van der Waals surface area contributed by atoms with Crippen molar-refractivity contribution in [3.63, 3.8) is 0 Å². The molecule has 0 spiro atoms. The van der Waals surface area contributed by atoms with Crippen LogP contribution < -0.4 is 14.5 Å². The number of H-pyrrole nitrogens is 1. The summed E-state index contributed by atoms with van der Waals surface area (Å²) in [6.45, 7) is 10.1. The molecule has 0 aliphatic carbocycles. The van der Waals surface area contributed by atoms with E-state index in [1.54, 1.807) is 27.9 Å². The van der Waals surface area contributed by atoms with Crippen molar-refractivity contribution in [2.45, 2.75) is 27.3 Å². The third-order valence-corrected chi connectivity index (χ3v) is 5.62. The molecule has 1 saturated heterocycles. The number of hydrogen-bond acceptors (Lipinski definition) is 6. The molecule has 1 aromatic carbocycles. The van der Waals surface area contributed by atoms with Crippen molar-refractivity contribution in [2.75, 3.05) is 51.4 Å². The van der Waals surface area contributed by atoms with E-state index in [1.165, 1.54) is 10.6 Å². The van der Waals surface area contributed by atoms with Crippen LogP contribution in [-0.4, -0.2) is 63.4 Å². The van der Waals surface area contributed by atoms with E-state index in [9.17, 15) is 9.59 Å². The molecule has 8 heteroatoms. The number of esters is 2. The number of hydrogen-bond donors (Lipinski definition) is 2. The third-order valence-electron chi connectivity index (χ3n) is 5.62. The highest BCUT2D eigenvalue weighted by atomic mass is 16.5. The fourth-order valence-corrected chi connectivity index (χ4v) is 3.98. The molecule has 0 radical (unpaired) electrons. The molecule has 1 aromatic heterocycles. The van der Waals surface area contributed by atoms with Gasteiger partial charge in [0.05, 0.1) is 57.8 Å². The number of carbonyl (C=O) groups excluding carboxylic acids is 2. The summed E-state index contributed by atoms with van der Waals surface area (Å²) < 4.78 is 15.6. The second kappa shape index (κ2) is 10.3. The van der Waals surface area contributed by atoms with E-state index in [0.717, 1.165) is 37.6 Å². The zero-order chi connectivity index (χ0) is 22.4. The Hall–Kier alpha value is -3.00. The van der Waals surface area contributed by atoms with Crippen LogP contribution in [0.5, 0.6) is 5.75 Å². The average molecular weight is 431 g/mol. The molecule has 2 heterocycles. The number of aromatic nitrogens is 1. The van der Waals surface area contributed by atoms with Gasteiger partial charge in [0.2, 0.25) is 0 Å². The largest absolute Gasteiger partial charge is 0.497 e. The van der Waals surface area contributed by atoms with Crippen LogP contribution in [-0.2, 0) is 16.0 Å². The summed E-state index contributed by atoms with van der Waals surface area (Å²) in [5.41, 5.74) is 3.27. The number of anilines is 1. The van der Waals surface area contributed by atoms with Crippen molar-refractivity contribution >= 4 is 17.6 Å². The lowest BCUT2D eigenvalue weighted by atomic mass is 10.1. The van der Waals surface area contributed by atoms with Gasteiger partial charge in [0, 0.05) is 5.69 Å². The van der Waals surface area contributed by atoms with Gasteiger partial charge >= 0.3 is 11.9 Å². The molecule has 0 unspecified atom stereocenters.